The van der Waals surface area contributed by atoms with Crippen LogP contribution in [0.2, 0.25) is 0 Å². The molecule has 1 N–H and O–H groups in total. The van der Waals surface area contributed by atoms with Gasteiger partial charge in [-0.2, -0.15) is 13.2 Å². The topological polar surface area (TPSA) is 78.4 Å². The second kappa shape index (κ2) is 6.41. The summed E-state index contributed by atoms with van der Waals surface area (Å²) in [5, 5.41) is 9.88. The van der Waals surface area contributed by atoms with Crippen LogP contribution < -0.4 is 16.1 Å². The molecule has 5 rings (SSSR count). The van der Waals surface area contributed by atoms with E-state index < -0.39 is 34.8 Å². The third-order valence-corrected chi connectivity index (χ3v) is 5.89. The molecular formula is C22H18F3N3O4. The number of benzene rings is 2. The zero-order chi connectivity index (χ0) is 23.0. The van der Waals surface area contributed by atoms with Gasteiger partial charge in [-0.3, -0.25) is 0 Å². The molecule has 0 spiro atoms. The van der Waals surface area contributed by atoms with E-state index in [0.29, 0.717) is 11.3 Å². The van der Waals surface area contributed by atoms with E-state index in [0.717, 1.165) is 34.4 Å². The van der Waals surface area contributed by atoms with Crippen molar-refractivity contribution in [1.29, 1.82) is 0 Å². The van der Waals surface area contributed by atoms with Crippen LogP contribution in [0.15, 0.2) is 63.7 Å². The van der Waals surface area contributed by atoms with Crippen molar-refractivity contribution in [2.24, 2.45) is 0 Å². The summed E-state index contributed by atoms with van der Waals surface area (Å²) >= 11 is 0. The van der Waals surface area contributed by atoms with Crippen molar-refractivity contribution in [1.82, 2.24) is 13.9 Å². The zero-order valence-corrected chi connectivity index (χ0v) is 17.1. The average Bonchev–Trinajstić information content (AvgIpc) is 2.97. The number of aromatic nitrogens is 3. The lowest BCUT2D eigenvalue weighted by Gasteiger charge is -2.42. The van der Waals surface area contributed by atoms with Crippen LogP contribution in [0.5, 0.6) is 11.5 Å². The molecule has 2 aliphatic rings. The number of hydrogen-bond acceptors (Lipinski definition) is 4. The van der Waals surface area contributed by atoms with Crippen LogP contribution in [0.4, 0.5) is 13.2 Å². The number of fused-ring (bicyclic) bond motifs is 5. The summed E-state index contributed by atoms with van der Waals surface area (Å²) in [6.45, 7) is 3.75. The SMILES string of the molecule is CC1(C)Oc2cc(O)ccc2C2C1=CCn1c(=O)n(-c3ccc(C(F)(F)F)cc3)c(=O)n12. The molecule has 0 radical (unpaired) electrons. The molecule has 0 saturated carbocycles. The molecule has 0 bridgehead atoms. The molecule has 32 heavy (non-hydrogen) atoms. The minimum atomic E-state index is -4.53. The summed E-state index contributed by atoms with van der Waals surface area (Å²) < 4.78 is 48.2. The number of phenolic OH excluding ortho intramolecular Hbond substituents is 1. The number of phenols is 1. The Bertz CT molecular complexity index is 1390. The first-order valence-corrected chi connectivity index (χ1v) is 9.83. The number of alkyl halides is 3. The lowest BCUT2D eigenvalue weighted by atomic mass is 9.83. The van der Waals surface area contributed by atoms with Crippen LogP contribution in [0, 0.1) is 0 Å². The number of ether oxygens (including phenoxy) is 1. The van der Waals surface area contributed by atoms with Crippen LogP contribution in [0.1, 0.15) is 31.0 Å². The quantitative estimate of drug-likeness (QED) is 0.584. The number of halogens is 3. The Morgan fingerprint density at radius 2 is 1.75 bits per heavy atom. The van der Waals surface area contributed by atoms with Crippen molar-refractivity contribution in [3.05, 3.63) is 86.2 Å². The van der Waals surface area contributed by atoms with E-state index in [2.05, 4.69) is 0 Å². The molecule has 7 nitrogen and oxygen atoms in total. The first-order valence-electron chi connectivity index (χ1n) is 9.83. The second-order valence-corrected chi connectivity index (χ2v) is 8.27. The Morgan fingerprint density at radius 3 is 2.41 bits per heavy atom. The van der Waals surface area contributed by atoms with Gasteiger partial charge in [-0.15, -0.1) is 0 Å². The highest BCUT2D eigenvalue weighted by molar-refractivity contribution is 5.51. The molecule has 166 valence electrons. The molecule has 2 aliphatic heterocycles. The number of hydrogen-bond donors (Lipinski definition) is 1. The highest BCUT2D eigenvalue weighted by Gasteiger charge is 2.44. The standard InChI is InChI=1S/C22H18F3N3O4/c1-21(2)16-9-10-26-19(30)27(13-5-3-12(4-6-13)22(23,24)25)20(31)28(26)18(16)15-8-7-14(29)11-17(15)32-21/h3-9,11,18,29H,10H2,1-2H3. The lowest BCUT2D eigenvalue weighted by molar-refractivity contribution is -0.137. The molecule has 10 heteroatoms. The van der Waals surface area contributed by atoms with Crippen LogP contribution >= 0.6 is 0 Å². The summed E-state index contributed by atoms with van der Waals surface area (Å²) in [6, 6.07) is 7.75. The van der Waals surface area contributed by atoms with Gasteiger partial charge in [0.15, 0.2) is 0 Å². The molecule has 0 amide bonds. The first-order chi connectivity index (χ1) is 15.0. The molecule has 0 fully saturated rings. The summed E-state index contributed by atoms with van der Waals surface area (Å²) in [4.78, 5) is 26.5. The van der Waals surface area contributed by atoms with E-state index in [1.807, 2.05) is 19.9 Å². The van der Waals surface area contributed by atoms with E-state index in [9.17, 15) is 27.9 Å². The number of allylic oxidation sites excluding steroid dienone is 1. The molecule has 3 aromatic rings. The molecule has 1 unspecified atom stereocenters. The Hall–Kier alpha value is -3.69. The average molecular weight is 445 g/mol. The van der Waals surface area contributed by atoms with Crippen molar-refractivity contribution in [3.8, 4) is 17.2 Å². The van der Waals surface area contributed by atoms with Crippen molar-refractivity contribution in [2.75, 3.05) is 0 Å². The first kappa shape index (κ1) is 20.2. The lowest BCUT2D eigenvalue weighted by Crippen LogP contribution is -2.46. The van der Waals surface area contributed by atoms with E-state index >= 15 is 0 Å². The van der Waals surface area contributed by atoms with Gasteiger partial charge in [0.05, 0.1) is 17.8 Å². The maximum atomic E-state index is 13.4. The van der Waals surface area contributed by atoms with Crippen LogP contribution in [-0.2, 0) is 12.7 Å². The Labute approximate surface area is 179 Å². The predicted octanol–water partition coefficient (Wildman–Crippen LogP) is 3.23. The monoisotopic (exact) mass is 445 g/mol. The Balaban J connectivity index is 1.72. The Morgan fingerprint density at radius 1 is 1.06 bits per heavy atom. The van der Waals surface area contributed by atoms with Gasteiger partial charge in [-0.25, -0.2) is 23.5 Å². The van der Waals surface area contributed by atoms with Gasteiger partial charge in [-0.1, -0.05) is 6.08 Å². The minimum absolute atomic E-state index is 0.00477. The maximum absolute atomic E-state index is 13.4. The fourth-order valence-corrected chi connectivity index (χ4v) is 4.41. The van der Waals surface area contributed by atoms with Gasteiger partial charge in [0.25, 0.3) is 0 Å². The molecule has 1 atom stereocenters. The number of nitrogens with zero attached hydrogens (tertiary/aromatic N) is 3. The van der Waals surface area contributed by atoms with Gasteiger partial charge < -0.3 is 9.84 Å². The third-order valence-electron chi connectivity index (χ3n) is 5.89. The van der Waals surface area contributed by atoms with E-state index in [-0.39, 0.29) is 18.0 Å². The van der Waals surface area contributed by atoms with Crippen LogP contribution in [-0.4, -0.2) is 24.6 Å². The Kier molecular flexibility index (Phi) is 4.05. The van der Waals surface area contributed by atoms with E-state index in [1.165, 1.54) is 21.5 Å². The highest BCUT2D eigenvalue weighted by atomic mass is 19.4. The largest absolute Gasteiger partial charge is 0.508 e. The normalized spacial score (nSPS) is 18.8. The molecule has 3 heterocycles. The smallest absolute Gasteiger partial charge is 0.416 e. The van der Waals surface area contributed by atoms with E-state index in [4.69, 9.17) is 4.74 Å². The van der Waals surface area contributed by atoms with Gasteiger partial charge in [0.2, 0.25) is 0 Å². The van der Waals surface area contributed by atoms with Gasteiger partial charge in [0, 0.05) is 11.6 Å². The maximum Gasteiger partial charge on any atom is 0.416 e. The zero-order valence-electron chi connectivity index (χ0n) is 17.1. The van der Waals surface area contributed by atoms with Gasteiger partial charge in [0.1, 0.15) is 23.1 Å². The molecular weight excluding hydrogens is 427 g/mol. The van der Waals surface area contributed by atoms with Crippen molar-refractivity contribution in [2.45, 2.75) is 38.2 Å². The molecule has 2 aromatic carbocycles. The second-order valence-electron chi connectivity index (χ2n) is 8.27. The predicted molar refractivity (Wildman–Crippen MR) is 108 cm³/mol. The van der Waals surface area contributed by atoms with Crippen LogP contribution in [0.3, 0.4) is 0 Å². The summed E-state index contributed by atoms with van der Waals surface area (Å²) in [6.07, 6.45) is -2.71. The highest BCUT2D eigenvalue weighted by Crippen LogP contribution is 2.46. The van der Waals surface area contributed by atoms with Crippen LogP contribution in [0.25, 0.3) is 5.69 Å². The summed E-state index contributed by atoms with van der Waals surface area (Å²) in [5.74, 6) is 0.377. The fraction of sp³-hybridized carbons (Fsp3) is 0.273. The van der Waals surface area contributed by atoms with Crippen molar-refractivity contribution >= 4 is 0 Å². The fourth-order valence-electron chi connectivity index (χ4n) is 4.41. The van der Waals surface area contributed by atoms with Crippen molar-refractivity contribution < 1.29 is 23.0 Å². The molecule has 0 saturated heterocycles. The summed E-state index contributed by atoms with van der Waals surface area (Å²) in [7, 11) is 0. The summed E-state index contributed by atoms with van der Waals surface area (Å²) in [5.41, 5.74) is -1.63. The van der Waals surface area contributed by atoms with Gasteiger partial charge in [-0.05, 0) is 55.8 Å². The molecule has 0 aliphatic carbocycles. The van der Waals surface area contributed by atoms with Crippen molar-refractivity contribution in [3.63, 3.8) is 0 Å². The van der Waals surface area contributed by atoms with E-state index in [1.54, 1.807) is 6.07 Å². The minimum Gasteiger partial charge on any atom is -0.508 e. The number of rotatable bonds is 1. The third kappa shape index (κ3) is 2.82. The number of aromatic hydroxyl groups is 1. The molecule has 1 aromatic heterocycles. The van der Waals surface area contributed by atoms with Gasteiger partial charge >= 0.3 is 17.6 Å².